The zero-order chi connectivity index (χ0) is 25.8. The molecule has 8 nitrogen and oxygen atoms in total. The molecule has 1 aromatic rings. The van der Waals surface area contributed by atoms with E-state index in [-0.39, 0.29) is 5.78 Å². The van der Waals surface area contributed by atoms with Crippen LogP contribution in [0.2, 0.25) is 0 Å². The van der Waals surface area contributed by atoms with Crippen LogP contribution in [-0.4, -0.2) is 64.6 Å². The summed E-state index contributed by atoms with van der Waals surface area (Å²) in [5, 5.41) is 15.6. The summed E-state index contributed by atoms with van der Waals surface area (Å²) in [5.41, 5.74) is 1.72. The van der Waals surface area contributed by atoms with Crippen LogP contribution in [0.5, 0.6) is 5.88 Å². The molecule has 0 amide bonds. The Morgan fingerprint density at radius 2 is 1.68 bits per heavy atom. The number of carboxylic acid groups (broad SMARTS) is 2. The molecule has 0 aliphatic carbocycles. The van der Waals surface area contributed by atoms with Gasteiger partial charge in [0.2, 0.25) is 5.88 Å². The molecule has 0 aromatic carbocycles. The fraction of sp³-hybridized carbons (Fsp3) is 0.385. The fourth-order valence-corrected chi connectivity index (χ4v) is 2.50. The standard InChI is InChI=1S/C22H32N2O2.C4H4O4/c1-5-15-24(4)16-8-6-7-9-17-26-22-14-13-20(18-23-22)21(25)12-10-11-19(2)3;5-3(6)1-2-4(7)8/h5,10-14,18H,1,6-9,15-17H2,2-4H3;1-2H,(H,5,6)(H,7,8)/b12-10+;2-1+. The van der Waals surface area contributed by atoms with Crippen LogP contribution in [0.4, 0.5) is 0 Å². The molecule has 0 spiro atoms. The Balaban J connectivity index is 0.00000116. The quantitative estimate of drug-likeness (QED) is 0.125. The van der Waals surface area contributed by atoms with E-state index in [4.69, 9.17) is 14.9 Å². The molecule has 1 aromatic heterocycles. The smallest absolute Gasteiger partial charge is 0.328 e. The van der Waals surface area contributed by atoms with E-state index in [0.717, 1.165) is 31.5 Å². The Labute approximate surface area is 202 Å². The van der Waals surface area contributed by atoms with Gasteiger partial charge in [0.15, 0.2) is 5.78 Å². The number of likely N-dealkylation sites (N-methyl/N-ethyl adjacent to an activating group) is 1. The zero-order valence-corrected chi connectivity index (χ0v) is 20.3. The van der Waals surface area contributed by atoms with Crippen molar-refractivity contribution in [1.29, 1.82) is 0 Å². The number of ketones is 1. The van der Waals surface area contributed by atoms with Crippen LogP contribution in [0.15, 0.2) is 66.9 Å². The third-order valence-electron chi connectivity index (χ3n) is 4.19. The zero-order valence-electron chi connectivity index (χ0n) is 20.3. The number of carbonyl (C=O) groups excluding carboxylic acids is 1. The molecule has 0 atom stereocenters. The number of allylic oxidation sites excluding steroid dienone is 4. The Bertz CT molecular complexity index is 837. The molecular formula is C26H36N2O6. The number of unbranched alkanes of at least 4 members (excludes halogenated alkanes) is 3. The van der Waals surface area contributed by atoms with Crippen molar-refractivity contribution in [2.45, 2.75) is 39.5 Å². The van der Waals surface area contributed by atoms with Crippen molar-refractivity contribution in [3.8, 4) is 5.88 Å². The summed E-state index contributed by atoms with van der Waals surface area (Å²) in [6.07, 6.45) is 14.4. The molecule has 1 rings (SSSR count). The van der Waals surface area contributed by atoms with E-state index in [1.807, 2.05) is 26.0 Å². The van der Waals surface area contributed by atoms with E-state index in [9.17, 15) is 14.4 Å². The molecule has 0 saturated carbocycles. The SMILES string of the molecule is C=CCN(C)CCCCCCOc1ccc(C(=O)/C=C/C=C(C)C)cn1.O=C(O)/C=C/C(=O)O. The van der Waals surface area contributed by atoms with Gasteiger partial charge in [-0.25, -0.2) is 14.6 Å². The first-order chi connectivity index (χ1) is 16.1. The maximum Gasteiger partial charge on any atom is 0.328 e. The molecule has 8 heteroatoms. The lowest BCUT2D eigenvalue weighted by Gasteiger charge is -2.13. The van der Waals surface area contributed by atoms with E-state index in [2.05, 4.69) is 23.5 Å². The molecule has 34 heavy (non-hydrogen) atoms. The minimum atomic E-state index is -1.26. The van der Waals surface area contributed by atoms with Gasteiger partial charge in [0, 0.05) is 36.5 Å². The molecular weight excluding hydrogens is 436 g/mol. The molecule has 0 fully saturated rings. The van der Waals surface area contributed by atoms with Crippen molar-refractivity contribution >= 4 is 17.7 Å². The second-order valence-corrected chi connectivity index (χ2v) is 7.68. The van der Waals surface area contributed by atoms with Crippen LogP contribution in [0.3, 0.4) is 0 Å². The number of nitrogens with zero attached hydrogens (tertiary/aromatic N) is 2. The van der Waals surface area contributed by atoms with Crippen molar-refractivity contribution in [3.63, 3.8) is 0 Å². The third kappa shape index (κ3) is 18.1. The molecule has 0 unspecified atom stereocenters. The molecule has 0 aliphatic rings. The van der Waals surface area contributed by atoms with Gasteiger partial charge in [-0.3, -0.25) is 4.79 Å². The number of rotatable bonds is 15. The lowest BCUT2D eigenvalue weighted by atomic mass is 10.1. The largest absolute Gasteiger partial charge is 0.478 e. The average Bonchev–Trinajstić information content (AvgIpc) is 2.77. The highest BCUT2D eigenvalue weighted by Crippen LogP contribution is 2.10. The van der Waals surface area contributed by atoms with E-state index < -0.39 is 11.9 Å². The highest BCUT2D eigenvalue weighted by Gasteiger charge is 2.03. The van der Waals surface area contributed by atoms with Gasteiger partial charge in [-0.2, -0.15) is 0 Å². The first-order valence-corrected chi connectivity index (χ1v) is 11.0. The van der Waals surface area contributed by atoms with Crippen LogP contribution in [-0.2, 0) is 9.59 Å². The fourth-order valence-electron chi connectivity index (χ4n) is 2.50. The summed E-state index contributed by atoms with van der Waals surface area (Å²) >= 11 is 0. The van der Waals surface area contributed by atoms with Crippen LogP contribution >= 0.6 is 0 Å². The van der Waals surface area contributed by atoms with Gasteiger partial charge in [-0.15, -0.1) is 6.58 Å². The number of hydrogen-bond acceptors (Lipinski definition) is 6. The molecule has 0 bridgehead atoms. The second-order valence-electron chi connectivity index (χ2n) is 7.68. The van der Waals surface area contributed by atoms with E-state index in [0.29, 0.717) is 30.2 Å². The van der Waals surface area contributed by atoms with Gasteiger partial charge < -0.3 is 19.8 Å². The highest BCUT2D eigenvalue weighted by molar-refractivity contribution is 6.04. The topological polar surface area (TPSA) is 117 Å². The molecule has 2 N–H and O–H groups in total. The normalized spacial score (nSPS) is 10.6. The van der Waals surface area contributed by atoms with Gasteiger partial charge in [-0.05, 0) is 52.4 Å². The maximum absolute atomic E-state index is 12.0. The number of carbonyl (C=O) groups is 3. The Morgan fingerprint density at radius 1 is 1.03 bits per heavy atom. The Kier molecular flexibility index (Phi) is 17.0. The van der Waals surface area contributed by atoms with E-state index in [1.165, 1.54) is 12.8 Å². The van der Waals surface area contributed by atoms with Crippen LogP contribution in [0, 0.1) is 0 Å². The van der Waals surface area contributed by atoms with E-state index in [1.54, 1.807) is 30.5 Å². The number of carboxylic acids is 2. The predicted molar refractivity (Wildman–Crippen MR) is 133 cm³/mol. The summed E-state index contributed by atoms with van der Waals surface area (Å²) in [6.45, 7) is 10.4. The maximum atomic E-state index is 12.0. The summed E-state index contributed by atoms with van der Waals surface area (Å²) in [7, 11) is 2.11. The molecule has 1 heterocycles. The first-order valence-electron chi connectivity index (χ1n) is 11.0. The van der Waals surface area contributed by atoms with Gasteiger partial charge in [0.05, 0.1) is 6.61 Å². The van der Waals surface area contributed by atoms with Crippen molar-refractivity contribution in [1.82, 2.24) is 9.88 Å². The molecule has 186 valence electrons. The molecule has 0 saturated heterocycles. The Morgan fingerprint density at radius 3 is 2.21 bits per heavy atom. The summed E-state index contributed by atoms with van der Waals surface area (Å²) < 4.78 is 5.65. The van der Waals surface area contributed by atoms with E-state index >= 15 is 0 Å². The lowest BCUT2D eigenvalue weighted by molar-refractivity contribution is -0.134. The Hall–Kier alpha value is -3.52. The van der Waals surface area contributed by atoms with Crippen molar-refractivity contribution in [2.24, 2.45) is 0 Å². The first kappa shape index (κ1) is 30.5. The second kappa shape index (κ2) is 19.0. The lowest BCUT2D eigenvalue weighted by Crippen LogP contribution is -2.19. The summed E-state index contributed by atoms with van der Waals surface area (Å²) in [6, 6.07) is 3.51. The van der Waals surface area contributed by atoms with Gasteiger partial charge >= 0.3 is 11.9 Å². The average molecular weight is 473 g/mol. The highest BCUT2D eigenvalue weighted by atomic mass is 16.5. The number of ether oxygens (including phenoxy) is 1. The summed E-state index contributed by atoms with van der Waals surface area (Å²) in [5.74, 6) is -2.00. The van der Waals surface area contributed by atoms with Crippen LogP contribution in [0.1, 0.15) is 49.9 Å². The minimum Gasteiger partial charge on any atom is -0.478 e. The van der Waals surface area contributed by atoms with Crippen LogP contribution in [0.25, 0.3) is 0 Å². The number of aromatic nitrogens is 1. The van der Waals surface area contributed by atoms with Crippen LogP contribution < -0.4 is 4.74 Å². The number of hydrogen-bond donors (Lipinski definition) is 2. The predicted octanol–water partition coefficient (Wildman–Crippen LogP) is 4.56. The number of pyridine rings is 1. The molecule has 0 aliphatic heterocycles. The molecule has 0 radical (unpaired) electrons. The van der Waals surface area contributed by atoms with Gasteiger partial charge in [0.1, 0.15) is 0 Å². The van der Waals surface area contributed by atoms with Crippen molar-refractivity contribution in [2.75, 3.05) is 26.7 Å². The monoisotopic (exact) mass is 472 g/mol. The third-order valence-corrected chi connectivity index (χ3v) is 4.19. The van der Waals surface area contributed by atoms with Crippen molar-refractivity contribution in [3.05, 3.63) is 72.5 Å². The summed E-state index contributed by atoms with van der Waals surface area (Å²) in [4.78, 5) is 37.6. The van der Waals surface area contributed by atoms with Gasteiger partial charge in [0.25, 0.3) is 0 Å². The number of aliphatic carboxylic acids is 2. The van der Waals surface area contributed by atoms with Gasteiger partial charge in [-0.1, -0.05) is 36.6 Å². The van der Waals surface area contributed by atoms with Crippen molar-refractivity contribution < 1.29 is 29.3 Å². The minimum absolute atomic E-state index is 0.0528.